The zero-order valence-electron chi connectivity index (χ0n) is 10.8. The maximum atomic E-state index is 6.17. The lowest BCUT2D eigenvalue weighted by Gasteiger charge is -2.15. The van der Waals surface area contributed by atoms with E-state index in [-0.39, 0.29) is 4.83 Å². The number of hydrogen-bond acceptors (Lipinski definition) is 0. The normalized spacial score (nSPS) is 12.6. The van der Waals surface area contributed by atoms with Crippen LogP contribution in [-0.4, -0.2) is 0 Å². The van der Waals surface area contributed by atoms with Gasteiger partial charge in [-0.25, -0.2) is 0 Å². The fraction of sp³-hybridized carbons (Fsp3) is 0.0588. The summed E-state index contributed by atoms with van der Waals surface area (Å²) in [6, 6.07) is 18.6. The second kappa shape index (κ2) is 6.41. The molecule has 0 nitrogen and oxygen atoms in total. The van der Waals surface area contributed by atoms with E-state index in [9.17, 15) is 0 Å². The first-order valence-corrected chi connectivity index (χ1v) is 9.21. The molecule has 0 aliphatic rings. The summed E-state index contributed by atoms with van der Waals surface area (Å²) in [5.74, 6) is 0. The lowest BCUT2D eigenvalue weighted by Crippen LogP contribution is -1.95. The predicted octanol–water partition coefficient (Wildman–Crippen LogP) is 7.50. The lowest BCUT2D eigenvalue weighted by atomic mass is 9.98. The van der Waals surface area contributed by atoms with Gasteiger partial charge in [-0.05, 0) is 46.2 Å². The first-order valence-electron chi connectivity index (χ1n) is 6.33. The van der Waals surface area contributed by atoms with Gasteiger partial charge in [0.25, 0.3) is 0 Å². The zero-order valence-corrected chi connectivity index (χ0v) is 16.3. The first-order chi connectivity index (χ1) is 10.1. The van der Waals surface area contributed by atoms with Gasteiger partial charge in [-0.1, -0.05) is 89.7 Å². The Hall–Kier alpha value is -0.350. The third-order valence-corrected chi connectivity index (χ3v) is 5.74. The molecule has 0 spiro atoms. The van der Waals surface area contributed by atoms with Gasteiger partial charge in [0.05, 0.1) is 4.83 Å². The van der Waals surface area contributed by atoms with Crippen molar-refractivity contribution in [1.29, 1.82) is 0 Å². The molecule has 106 valence electrons. The summed E-state index contributed by atoms with van der Waals surface area (Å²) in [5.41, 5.74) is 2.35. The van der Waals surface area contributed by atoms with Gasteiger partial charge in [-0.15, -0.1) is 0 Å². The van der Waals surface area contributed by atoms with Crippen molar-refractivity contribution in [3.05, 3.63) is 79.7 Å². The molecule has 0 heterocycles. The molecule has 0 N–H and O–H groups in total. The van der Waals surface area contributed by atoms with E-state index < -0.39 is 0 Å². The van der Waals surface area contributed by atoms with Gasteiger partial charge in [0.1, 0.15) is 0 Å². The Kier molecular flexibility index (Phi) is 4.75. The molecule has 21 heavy (non-hydrogen) atoms. The van der Waals surface area contributed by atoms with Crippen LogP contribution in [0.15, 0.2) is 63.5 Å². The molecule has 0 aliphatic heterocycles. The predicted molar refractivity (Wildman–Crippen MR) is 102 cm³/mol. The highest BCUT2D eigenvalue weighted by molar-refractivity contribution is 9.11. The molecule has 4 heteroatoms. The van der Waals surface area contributed by atoms with Crippen molar-refractivity contribution in [1.82, 2.24) is 0 Å². The van der Waals surface area contributed by atoms with Crippen LogP contribution in [0.3, 0.4) is 0 Å². The smallest absolute Gasteiger partial charge is 0.0651 e. The molecule has 0 aromatic heterocycles. The van der Waals surface area contributed by atoms with E-state index in [2.05, 4.69) is 90.3 Å². The van der Waals surface area contributed by atoms with Gasteiger partial charge in [-0.2, -0.15) is 0 Å². The molecule has 0 saturated heterocycles. The molecule has 3 rings (SSSR count). The number of halogens is 4. The van der Waals surface area contributed by atoms with Crippen LogP contribution in [0.25, 0.3) is 10.8 Å². The number of alkyl halides is 1. The summed E-state index contributed by atoms with van der Waals surface area (Å²) in [7, 11) is 0. The molecular formula is C17H10Br3Cl. The van der Waals surface area contributed by atoms with Crippen LogP contribution >= 0.6 is 59.4 Å². The molecule has 3 aromatic carbocycles. The Morgan fingerprint density at radius 1 is 0.857 bits per heavy atom. The number of fused-ring (bicyclic) bond motifs is 1. The van der Waals surface area contributed by atoms with Crippen LogP contribution < -0.4 is 0 Å². The summed E-state index contributed by atoms with van der Waals surface area (Å²) >= 11 is 17.1. The molecule has 0 saturated carbocycles. The molecular weight excluding hydrogens is 479 g/mol. The second-order valence-electron chi connectivity index (χ2n) is 4.75. The van der Waals surface area contributed by atoms with Crippen LogP contribution in [0.2, 0.25) is 5.02 Å². The highest BCUT2D eigenvalue weighted by Gasteiger charge is 2.15. The third kappa shape index (κ3) is 3.21. The van der Waals surface area contributed by atoms with E-state index in [1.165, 1.54) is 16.3 Å². The number of benzene rings is 3. The van der Waals surface area contributed by atoms with Gasteiger partial charge < -0.3 is 0 Å². The minimum Gasteiger partial charge on any atom is -0.0843 e. The largest absolute Gasteiger partial charge is 0.0843 e. The van der Waals surface area contributed by atoms with Crippen LogP contribution in [-0.2, 0) is 0 Å². The molecule has 1 atom stereocenters. The Bertz CT molecular complexity index is 794. The highest BCUT2D eigenvalue weighted by Crippen LogP contribution is 2.39. The van der Waals surface area contributed by atoms with Crippen molar-refractivity contribution < 1.29 is 0 Å². The van der Waals surface area contributed by atoms with Crippen LogP contribution in [0.1, 0.15) is 16.0 Å². The molecule has 0 fully saturated rings. The standard InChI is InChI=1S/C17H10Br3Cl/c18-11-7-10(8-12(21)9-11)17(20)15-5-6-16(19)14-4-2-1-3-13(14)15/h1-9,17H. The van der Waals surface area contributed by atoms with E-state index >= 15 is 0 Å². The van der Waals surface area contributed by atoms with Crippen molar-refractivity contribution in [2.45, 2.75) is 4.83 Å². The van der Waals surface area contributed by atoms with Crippen LogP contribution in [0.4, 0.5) is 0 Å². The minimum atomic E-state index is 0.0884. The summed E-state index contributed by atoms with van der Waals surface area (Å²) in [5, 5.41) is 3.16. The molecule has 3 aromatic rings. The van der Waals surface area contributed by atoms with Crippen molar-refractivity contribution in [3.63, 3.8) is 0 Å². The molecule has 0 aliphatic carbocycles. The van der Waals surface area contributed by atoms with Gasteiger partial charge in [0, 0.05) is 14.0 Å². The monoisotopic (exact) mass is 486 g/mol. The lowest BCUT2D eigenvalue weighted by molar-refractivity contribution is 1.19. The molecule has 1 unspecified atom stereocenters. The second-order valence-corrected chi connectivity index (χ2v) is 7.87. The highest BCUT2D eigenvalue weighted by atomic mass is 79.9. The van der Waals surface area contributed by atoms with E-state index in [0.29, 0.717) is 0 Å². The maximum Gasteiger partial charge on any atom is 0.0651 e. The average molecular weight is 489 g/mol. The van der Waals surface area contributed by atoms with Crippen LogP contribution in [0, 0.1) is 0 Å². The van der Waals surface area contributed by atoms with E-state index in [1.807, 2.05) is 12.1 Å². The molecule has 0 bridgehead atoms. The minimum absolute atomic E-state index is 0.0884. The Morgan fingerprint density at radius 2 is 1.57 bits per heavy atom. The fourth-order valence-corrected chi connectivity index (χ4v) is 4.44. The van der Waals surface area contributed by atoms with Gasteiger partial charge in [0.15, 0.2) is 0 Å². The van der Waals surface area contributed by atoms with E-state index in [4.69, 9.17) is 11.6 Å². The summed E-state index contributed by atoms with van der Waals surface area (Å²) < 4.78 is 2.09. The Labute approximate surface area is 153 Å². The quantitative estimate of drug-likeness (QED) is 0.327. The van der Waals surface area contributed by atoms with Crippen molar-refractivity contribution >= 4 is 70.2 Å². The number of hydrogen-bond donors (Lipinski definition) is 0. The Balaban J connectivity index is 2.18. The Morgan fingerprint density at radius 3 is 2.29 bits per heavy atom. The van der Waals surface area contributed by atoms with E-state index in [0.717, 1.165) is 19.5 Å². The summed E-state index contributed by atoms with van der Waals surface area (Å²) in [6.45, 7) is 0. The molecule has 0 radical (unpaired) electrons. The van der Waals surface area contributed by atoms with Crippen molar-refractivity contribution in [3.8, 4) is 0 Å². The van der Waals surface area contributed by atoms with Gasteiger partial charge in [0.2, 0.25) is 0 Å². The van der Waals surface area contributed by atoms with Gasteiger partial charge >= 0.3 is 0 Å². The summed E-state index contributed by atoms with van der Waals surface area (Å²) in [6.07, 6.45) is 0. The SMILES string of the molecule is Clc1cc(Br)cc(C(Br)c2ccc(Br)c3ccccc23)c1. The fourth-order valence-electron chi connectivity index (χ4n) is 2.41. The van der Waals surface area contributed by atoms with E-state index in [1.54, 1.807) is 0 Å². The topological polar surface area (TPSA) is 0 Å². The molecule has 0 amide bonds. The van der Waals surface area contributed by atoms with Gasteiger partial charge in [-0.3, -0.25) is 0 Å². The third-order valence-electron chi connectivity index (χ3n) is 3.36. The maximum absolute atomic E-state index is 6.17. The zero-order chi connectivity index (χ0) is 15.0. The van der Waals surface area contributed by atoms with Crippen LogP contribution in [0.5, 0.6) is 0 Å². The van der Waals surface area contributed by atoms with Crippen molar-refractivity contribution in [2.75, 3.05) is 0 Å². The van der Waals surface area contributed by atoms with Crippen molar-refractivity contribution in [2.24, 2.45) is 0 Å². The number of rotatable bonds is 2. The first kappa shape index (κ1) is 15.5. The summed E-state index contributed by atoms with van der Waals surface area (Å²) in [4.78, 5) is 0.0884. The average Bonchev–Trinajstić information content (AvgIpc) is 2.46.